The summed E-state index contributed by atoms with van der Waals surface area (Å²) in [5.41, 5.74) is 4.31. The molecule has 0 saturated heterocycles. The first-order chi connectivity index (χ1) is 23.0. The summed E-state index contributed by atoms with van der Waals surface area (Å²) < 4.78 is 34.5. The third kappa shape index (κ3) is 8.32. The highest BCUT2D eigenvalue weighted by Gasteiger charge is 2.29. The molecule has 3 aromatic rings. The number of methoxy groups -OCH3 is 6. The van der Waals surface area contributed by atoms with Crippen LogP contribution < -0.4 is 18.9 Å². The zero-order valence-corrected chi connectivity index (χ0v) is 29.6. The van der Waals surface area contributed by atoms with Gasteiger partial charge >= 0.3 is 0 Å². The first kappa shape index (κ1) is 37.6. The fourth-order valence-corrected chi connectivity index (χ4v) is 5.48. The summed E-state index contributed by atoms with van der Waals surface area (Å²) in [6.45, 7) is 3.96. The molecule has 260 valence electrons. The van der Waals surface area contributed by atoms with Crippen LogP contribution in [0.2, 0.25) is 0 Å². The molecule has 1 aromatic heterocycles. The Morgan fingerprint density at radius 2 is 1.50 bits per heavy atom. The molecule has 0 fully saturated rings. The maximum atomic E-state index is 14.0. The molecule has 0 radical (unpaired) electrons. The Morgan fingerprint density at radius 3 is 2.04 bits per heavy atom. The number of amides is 1. The van der Waals surface area contributed by atoms with Crippen molar-refractivity contribution in [1.82, 2.24) is 9.47 Å². The van der Waals surface area contributed by atoms with Crippen LogP contribution in [0, 0.1) is 0 Å². The lowest BCUT2D eigenvalue weighted by atomic mass is 9.94. The standard InChI is InChI=1S/C37H48N2O9/c1-23(29(41)21-32(46-8)24(2)43-5)11-14-27-28(22-40)39(18-17-25-12-15-30(44-6)33(19-25)47-9)36(37(42)38(3)4)35(27)26-13-16-31(45-7)34(20-26)48-10/h12-13,15-16,19-22,24,41H,11,14,17-18H2,1-10H3/b29-23-,32-21+. The molecule has 0 aliphatic heterocycles. The van der Waals surface area contributed by atoms with Crippen LogP contribution in [0.1, 0.15) is 52.4 Å². The topological polar surface area (TPSA) is 118 Å². The second-order valence-electron chi connectivity index (χ2n) is 11.4. The van der Waals surface area contributed by atoms with Crippen molar-refractivity contribution in [2.24, 2.45) is 0 Å². The molecular formula is C37H48N2O9. The van der Waals surface area contributed by atoms with E-state index in [9.17, 15) is 14.7 Å². The van der Waals surface area contributed by atoms with Gasteiger partial charge in [0.05, 0.1) is 41.2 Å². The van der Waals surface area contributed by atoms with Gasteiger partial charge in [-0.25, -0.2) is 0 Å². The number of ether oxygens (including phenoxy) is 6. The minimum absolute atomic E-state index is 0.0357. The Balaban J connectivity index is 2.26. The molecule has 0 bridgehead atoms. The van der Waals surface area contributed by atoms with Crippen LogP contribution in [0.3, 0.4) is 0 Å². The molecular weight excluding hydrogens is 616 g/mol. The number of carbonyl (C=O) groups is 2. The normalized spacial score (nSPS) is 12.6. The van der Waals surface area contributed by atoms with Gasteiger partial charge in [0, 0.05) is 39.4 Å². The lowest BCUT2D eigenvalue weighted by Gasteiger charge is -2.17. The van der Waals surface area contributed by atoms with Gasteiger partial charge in [-0.1, -0.05) is 12.1 Å². The molecule has 3 rings (SSSR count). The van der Waals surface area contributed by atoms with Crippen LogP contribution in [0.5, 0.6) is 23.0 Å². The van der Waals surface area contributed by atoms with Gasteiger partial charge in [-0.15, -0.1) is 0 Å². The van der Waals surface area contributed by atoms with E-state index in [2.05, 4.69) is 0 Å². The minimum Gasteiger partial charge on any atom is -0.508 e. The van der Waals surface area contributed by atoms with Gasteiger partial charge < -0.3 is 43.0 Å². The molecule has 11 nitrogen and oxygen atoms in total. The first-order valence-corrected chi connectivity index (χ1v) is 15.5. The smallest absolute Gasteiger partial charge is 0.270 e. The highest BCUT2D eigenvalue weighted by Crippen LogP contribution is 2.39. The zero-order chi connectivity index (χ0) is 35.5. The number of aryl methyl sites for hydroxylation is 1. The van der Waals surface area contributed by atoms with E-state index in [1.54, 1.807) is 66.3 Å². The van der Waals surface area contributed by atoms with Crippen molar-refractivity contribution in [3.05, 3.63) is 82.1 Å². The molecule has 11 heteroatoms. The maximum Gasteiger partial charge on any atom is 0.270 e. The van der Waals surface area contributed by atoms with Gasteiger partial charge in [0.25, 0.3) is 5.91 Å². The molecule has 0 spiro atoms. The predicted octanol–water partition coefficient (Wildman–Crippen LogP) is 6.28. The third-order valence-corrected chi connectivity index (χ3v) is 8.33. The molecule has 1 unspecified atom stereocenters. The van der Waals surface area contributed by atoms with Crippen molar-refractivity contribution < 1.29 is 43.1 Å². The van der Waals surface area contributed by atoms with Crippen molar-refractivity contribution in [1.29, 1.82) is 0 Å². The van der Waals surface area contributed by atoms with E-state index in [0.29, 0.717) is 88.2 Å². The Hall–Kier alpha value is -4.90. The summed E-state index contributed by atoms with van der Waals surface area (Å²) in [5.74, 6) is 2.44. The summed E-state index contributed by atoms with van der Waals surface area (Å²) in [6, 6.07) is 11.1. The van der Waals surface area contributed by atoms with Crippen molar-refractivity contribution >= 4 is 12.2 Å². The van der Waals surface area contributed by atoms with E-state index in [0.717, 1.165) is 11.8 Å². The fourth-order valence-electron chi connectivity index (χ4n) is 5.48. The Bertz CT molecular complexity index is 1650. The van der Waals surface area contributed by atoms with Crippen LogP contribution >= 0.6 is 0 Å². The Morgan fingerprint density at radius 1 is 0.896 bits per heavy atom. The second kappa shape index (κ2) is 17.3. The van der Waals surface area contributed by atoms with Gasteiger partial charge in [0.2, 0.25) is 0 Å². The number of benzene rings is 2. The van der Waals surface area contributed by atoms with E-state index in [1.807, 2.05) is 38.1 Å². The van der Waals surface area contributed by atoms with Crippen molar-refractivity contribution in [2.75, 3.05) is 56.8 Å². The number of hydrogen-bond acceptors (Lipinski definition) is 9. The molecule has 2 aromatic carbocycles. The summed E-state index contributed by atoms with van der Waals surface area (Å²) >= 11 is 0. The maximum absolute atomic E-state index is 14.0. The second-order valence-corrected chi connectivity index (χ2v) is 11.4. The van der Waals surface area contributed by atoms with E-state index in [4.69, 9.17) is 28.4 Å². The third-order valence-electron chi connectivity index (χ3n) is 8.33. The fraction of sp³-hybridized carbons (Fsp3) is 0.405. The molecule has 0 aliphatic carbocycles. The van der Waals surface area contributed by atoms with Crippen molar-refractivity contribution in [2.45, 2.75) is 45.8 Å². The number of aliphatic hydroxyl groups excluding tert-OH is 1. The summed E-state index contributed by atoms with van der Waals surface area (Å²) in [5, 5.41) is 11.0. The van der Waals surface area contributed by atoms with Crippen LogP contribution in [-0.4, -0.2) is 89.6 Å². The zero-order valence-electron chi connectivity index (χ0n) is 29.6. The molecule has 48 heavy (non-hydrogen) atoms. The number of aromatic nitrogens is 1. The molecule has 1 heterocycles. The highest BCUT2D eigenvalue weighted by molar-refractivity contribution is 6.03. The van der Waals surface area contributed by atoms with Gasteiger partial charge in [-0.05, 0) is 79.6 Å². The lowest BCUT2D eigenvalue weighted by molar-refractivity contribution is 0.0817. The number of nitrogens with zero attached hydrogens (tertiary/aromatic N) is 2. The van der Waals surface area contributed by atoms with Crippen molar-refractivity contribution in [3.63, 3.8) is 0 Å². The lowest BCUT2D eigenvalue weighted by Crippen LogP contribution is -2.26. The number of aldehydes is 1. The summed E-state index contributed by atoms with van der Waals surface area (Å²) in [7, 11) is 12.7. The van der Waals surface area contributed by atoms with Gasteiger partial charge in [0.1, 0.15) is 23.3 Å². The van der Waals surface area contributed by atoms with E-state index >= 15 is 0 Å². The Labute approximate surface area is 283 Å². The Kier molecular flexibility index (Phi) is 13.5. The average Bonchev–Trinajstić information content (AvgIpc) is 3.42. The van der Waals surface area contributed by atoms with E-state index in [-0.39, 0.29) is 17.8 Å². The number of allylic oxidation sites excluding steroid dienone is 2. The number of hydrogen-bond donors (Lipinski definition) is 1. The molecule has 0 saturated carbocycles. The quantitative estimate of drug-likeness (QED) is 0.101. The van der Waals surface area contributed by atoms with Crippen molar-refractivity contribution in [3.8, 4) is 34.1 Å². The minimum atomic E-state index is -0.359. The number of rotatable bonds is 17. The predicted molar refractivity (Wildman–Crippen MR) is 185 cm³/mol. The van der Waals surface area contributed by atoms with Crippen LogP contribution in [0.4, 0.5) is 0 Å². The van der Waals surface area contributed by atoms with E-state index < -0.39 is 0 Å². The highest BCUT2D eigenvalue weighted by atomic mass is 16.5. The van der Waals surface area contributed by atoms with Gasteiger partial charge in [0.15, 0.2) is 29.3 Å². The molecule has 0 aliphatic rings. The molecule has 1 amide bonds. The van der Waals surface area contributed by atoms with Crippen LogP contribution in [-0.2, 0) is 28.9 Å². The average molecular weight is 665 g/mol. The first-order valence-electron chi connectivity index (χ1n) is 15.5. The SMILES string of the molecule is CO/C(=C/C(O)=C(\C)CCc1c(-c2ccc(OC)c(OC)c2)c(C(=O)N(C)C)n(CCc2ccc(OC)c(OC)c2)c1C=O)C(C)OC. The summed E-state index contributed by atoms with van der Waals surface area (Å²) in [6.07, 6.45) is 3.20. The largest absolute Gasteiger partial charge is 0.508 e. The molecule has 1 N–H and O–H groups in total. The number of aliphatic hydroxyl groups is 1. The monoisotopic (exact) mass is 664 g/mol. The van der Waals surface area contributed by atoms with Gasteiger partial charge in [-0.2, -0.15) is 0 Å². The van der Waals surface area contributed by atoms with Crippen LogP contribution in [0.15, 0.2) is 59.6 Å². The van der Waals surface area contributed by atoms with Crippen LogP contribution in [0.25, 0.3) is 11.1 Å². The van der Waals surface area contributed by atoms with Gasteiger partial charge in [-0.3, -0.25) is 9.59 Å². The van der Waals surface area contributed by atoms with E-state index in [1.165, 1.54) is 18.1 Å². The number of carbonyl (C=O) groups excluding carboxylic acids is 2. The summed E-state index contributed by atoms with van der Waals surface area (Å²) in [4.78, 5) is 28.5. The molecule has 1 atom stereocenters.